The van der Waals surface area contributed by atoms with Crippen molar-refractivity contribution >= 4 is 23.5 Å². The summed E-state index contributed by atoms with van der Waals surface area (Å²) in [5.74, 6) is 2.78. The lowest BCUT2D eigenvalue weighted by atomic mass is 10.1. The molecule has 1 aliphatic heterocycles. The van der Waals surface area contributed by atoms with E-state index in [4.69, 9.17) is 0 Å². The number of hydrogen-bond donors (Lipinski definition) is 2. The van der Waals surface area contributed by atoms with Crippen molar-refractivity contribution < 1.29 is 4.79 Å². The van der Waals surface area contributed by atoms with Crippen molar-refractivity contribution in [1.29, 1.82) is 0 Å². The van der Waals surface area contributed by atoms with E-state index < -0.39 is 0 Å². The van der Waals surface area contributed by atoms with Crippen LogP contribution < -0.4 is 10.6 Å². The smallest absolute Gasteiger partial charge is 0.272 e. The highest BCUT2D eigenvalue weighted by Gasteiger charge is 2.17. The monoisotopic (exact) mass is 252 g/mol. The van der Waals surface area contributed by atoms with Crippen molar-refractivity contribution in [2.24, 2.45) is 0 Å². The maximum atomic E-state index is 11.9. The van der Waals surface area contributed by atoms with E-state index in [0.717, 1.165) is 24.3 Å². The Morgan fingerprint density at radius 1 is 1.35 bits per heavy atom. The third-order valence-electron chi connectivity index (χ3n) is 2.71. The van der Waals surface area contributed by atoms with Gasteiger partial charge in [0.15, 0.2) is 5.69 Å². The van der Waals surface area contributed by atoms with E-state index in [1.54, 1.807) is 19.2 Å². The highest BCUT2D eigenvalue weighted by molar-refractivity contribution is 7.99. The Morgan fingerprint density at radius 3 is 2.71 bits per heavy atom. The van der Waals surface area contributed by atoms with E-state index in [0.29, 0.717) is 11.5 Å². The number of nitrogens with zero attached hydrogens (tertiary/aromatic N) is 2. The van der Waals surface area contributed by atoms with Crippen LogP contribution in [0, 0.1) is 0 Å². The summed E-state index contributed by atoms with van der Waals surface area (Å²) in [6.07, 6.45) is 2.08. The van der Waals surface area contributed by atoms with Crippen LogP contribution >= 0.6 is 11.8 Å². The molecule has 0 atom stereocenters. The van der Waals surface area contributed by atoms with E-state index >= 15 is 0 Å². The predicted molar refractivity (Wildman–Crippen MR) is 69.4 cm³/mol. The molecule has 1 saturated heterocycles. The zero-order valence-electron chi connectivity index (χ0n) is 9.77. The number of hydrogen-bond acceptors (Lipinski definition) is 5. The highest BCUT2D eigenvalue weighted by atomic mass is 32.2. The van der Waals surface area contributed by atoms with Gasteiger partial charge in [-0.05, 0) is 36.5 Å². The average molecular weight is 252 g/mol. The Bertz CT molecular complexity index is 376. The average Bonchev–Trinajstić information content (AvgIpc) is 2.40. The lowest BCUT2D eigenvalue weighted by Crippen LogP contribution is -2.37. The zero-order chi connectivity index (χ0) is 12.1. The largest absolute Gasteiger partial charge is 0.372 e. The minimum atomic E-state index is -0.128. The lowest BCUT2D eigenvalue weighted by molar-refractivity contribution is 0.0929. The van der Waals surface area contributed by atoms with Crippen LogP contribution in [0.5, 0.6) is 0 Å². The first-order chi connectivity index (χ1) is 8.29. The van der Waals surface area contributed by atoms with Crippen molar-refractivity contribution in [2.75, 3.05) is 23.9 Å². The van der Waals surface area contributed by atoms with Crippen LogP contribution in [-0.4, -0.2) is 40.7 Å². The topological polar surface area (TPSA) is 66.9 Å². The summed E-state index contributed by atoms with van der Waals surface area (Å²) < 4.78 is 0. The zero-order valence-corrected chi connectivity index (χ0v) is 10.6. The van der Waals surface area contributed by atoms with Crippen LogP contribution in [0.4, 0.5) is 5.82 Å². The fourth-order valence-corrected chi connectivity index (χ4v) is 2.79. The Balaban J connectivity index is 1.93. The lowest BCUT2D eigenvalue weighted by Gasteiger charge is -2.22. The second-order valence-electron chi connectivity index (χ2n) is 3.91. The quantitative estimate of drug-likeness (QED) is 0.844. The number of amides is 1. The summed E-state index contributed by atoms with van der Waals surface area (Å²) in [7, 11) is 1.77. The first-order valence-corrected chi connectivity index (χ1v) is 6.85. The Kier molecular flexibility index (Phi) is 4.19. The number of nitrogens with one attached hydrogen (secondary N) is 2. The second kappa shape index (κ2) is 5.86. The van der Waals surface area contributed by atoms with Crippen molar-refractivity contribution in [2.45, 2.75) is 18.9 Å². The standard InChI is InChI=1S/C11H16N4OS/c1-12-10-3-2-9(14-15-10)11(16)13-8-4-6-17-7-5-8/h2-3,8H,4-7H2,1H3,(H,12,15)(H,13,16). The summed E-state index contributed by atoms with van der Waals surface area (Å²) in [5.41, 5.74) is 0.377. The number of carbonyl (C=O) groups is 1. The minimum absolute atomic E-state index is 0.128. The molecular weight excluding hydrogens is 236 g/mol. The molecule has 1 aromatic heterocycles. The van der Waals surface area contributed by atoms with Gasteiger partial charge in [0.25, 0.3) is 5.91 Å². The first-order valence-electron chi connectivity index (χ1n) is 5.69. The molecule has 2 heterocycles. The molecule has 92 valence electrons. The molecule has 0 aromatic carbocycles. The molecule has 17 heavy (non-hydrogen) atoms. The Hall–Kier alpha value is -1.30. The first kappa shape index (κ1) is 12.2. The number of aromatic nitrogens is 2. The molecule has 1 aliphatic rings. The summed E-state index contributed by atoms with van der Waals surface area (Å²) in [4.78, 5) is 11.9. The van der Waals surface area contributed by atoms with Crippen LogP contribution in [0.15, 0.2) is 12.1 Å². The Morgan fingerprint density at radius 2 is 2.12 bits per heavy atom. The summed E-state index contributed by atoms with van der Waals surface area (Å²) in [6, 6.07) is 3.72. The van der Waals surface area contributed by atoms with Gasteiger partial charge in [-0.3, -0.25) is 4.79 Å². The van der Waals surface area contributed by atoms with Crippen molar-refractivity contribution in [1.82, 2.24) is 15.5 Å². The normalized spacial score (nSPS) is 16.5. The number of rotatable bonds is 3. The van der Waals surface area contributed by atoms with E-state index in [1.807, 2.05) is 11.8 Å². The molecule has 0 bridgehead atoms. The predicted octanol–water partition coefficient (Wildman–Crippen LogP) is 1.14. The van der Waals surface area contributed by atoms with Crippen molar-refractivity contribution in [3.63, 3.8) is 0 Å². The third kappa shape index (κ3) is 3.33. The van der Waals surface area contributed by atoms with E-state index in [2.05, 4.69) is 20.8 Å². The van der Waals surface area contributed by atoms with Gasteiger partial charge in [-0.25, -0.2) is 0 Å². The van der Waals surface area contributed by atoms with Gasteiger partial charge >= 0.3 is 0 Å². The SMILES string of the molecule is CNc1ccc(C(=O)NC2CCSCC2)nn1. The minimum Gasteiger partial charge on any atom is -0.372 e. The van der Waals surface area contributed by atoms with Gasteiger partial charge in [-0.2, -0.15) is 11.8 Å². The van der Waals surface area contributed by atoms with Crippen LogP contribution in [0.25, 0.3) is 0 Å². The fraction of sp³-hybridized carbons (Fsp3) is 0.545. The molecule has 0 saturated carbocycles. The molecule has 0 unspecified atom stereocenters. The van der Waals surface area contributed by atoms with Crippen LogP contribution in [0.2, 0.25) is 0 Å². The van der Waals surface area contributed by atoms with Gasteiger partial charge in [-0.15, -0.1) is 10.2 Å². The van der Waals surface area contributed by atoms with Gasteiger partial charge in [0, 0.05) is 13.1 Å². The van der Waals surface area contributed by atoms with Gasteiger partial charge in [0.2, 0.25) is 0 Å². The molecule has 1 fully saturated rings. The molecule has 0 radical (unpaired) electrons. The van der Waals surface area contributed by atoms with E-state index in [-0.39, 0.29) is 11.9 Å². The second-order valence-corrected chi connectivity index (χ2v) is 5.14. The summed E-state index contributed by atoms with van der Waals surface area (Å²) >= 11 is 1.94. The van der Waals surface area contributed by atoms with Gasteiger partial charge in [0.1, 0.15) is 5.82 Å². The molecule has 1 aromatic rings. The maximum absolute atomic E-state index is 11.9. The molecule has 5 nitrogen and oxygen atoms in total. The van der Waals surface area contributed by atoms with Crippen molar-refractivity contribution in [3.8, 4) is 0 Å². The maximum Gasteiger partial charge on any atom is 0.272 e. The van der Waals surface area contributed by atoms with Crippen LogP contribution in [0.1, 0.15) is 23.3 Å². The summed E-state index contributed by atoms with van der Waals surface area (Å²) in [5, 5.41) is 13.6. The van der Waals surface area contributed by atoms with E-state index in [1.165, 1.54) is 0 Å². The third-order valence-corrected chi connectivity index (χ3v) is 3.76. The number of carbonyl (C=O) groups excluding carboxylic acids is 1. The Labute approximate surface area is 105 Å². The fourth-order valence-electron chi connectivity index (χ4n) is 1.69. The molecular formula is C11H16N4OS. The molecule has 2 N–H and O–H groups in total. The molecule has 2 rings (SSSR count). The summed E-state index contributed by atoms with van der Waals surface area (Å²) in [6.45, 7) is 0. The van der Waals surface area contributed by atoms with Gasteiger partial charge in [-0.1, -0.05) is 0 Å². The van der Waals surface area contributed by atoms with Crippen LogP contribution in [-0.2, 0) is 0 Å². The molecule has 0 spiro atoms. The number of thioether (sulfide) groups is 1. The van der Waals surface area contributed by atoms with Gasteiger partial charge < -0.3 is 10.6 Å². The molecule has 0 aliphatic carbocycles. The van der Waals surface area contributed by atoms with E-state index in [9.17, 15) is 4.79 Å². The van der Waals surface area contributed by atoms with Crippen LogP contribution in [0.3, 0.4) is 0 Å². The molecule has 6 heteroatoms. The van der Waals surface area contributed by atoms with Gasteiger partial charge in [0.05, 0.1) is 0 Å². The molecule has 1 amide bonds. The highest BCUT2D eigenvalue weighted by Crippen LogP contribution is 2.17. The number of anilines is 1. The van der Waals surface area contributed by atoms with Crippen molar-refractivity contribution in [3.05, 3.63) is 17.8 Å².